The van der Waals surface area contributed by atoms with E-state index in [1.165, 1.54) is 0 Å². The Hall–Kier alpha value is -2.80. The van der Waals surface area contributed by atoms with Crippen LogP contribution in [-0.4, -0.2) is 32.3 Å². The third-order valence-corrected chi connectivity index (χ3v) is 4.61. The maximum atomic E-state index is 12.6. The normalized spacial score (nSPS) is 14.0. The number of H-pyrrole nitrogens is 3. The van der Waals surface area contributed by atoms with Crippen LogP contribution in [0.1, 0.15) is 21.6 Å². The van der Waals surface area contributed by atoms with E-state index in [2.05, 4.69) is 15.0 Å². The molecule has 2 aromatic heterocycles. The van der Waals surface area contributed by atoms with Crippen LogP contribution in [0.15, 0.2) is 34.0 Å². The lowest BCUT2D eigenvalue weighted by molar-refractivity contribution is 0.0732. The Morgan fingerprint density at radius 3 is 2.83 bits per heavy atom. The summed E-state index contributed by atoms with van der Waals surface area (Å²) in [6, 6.07) is 5.64. The first kappa shape index (κ1) is 14.8. The molecule has 1 aliphatic heterocycles. The topological polar surface area (TPSA) is 102 Å². The molecular formula is C16H13ClN4O3. The molecular weight excluding hydrogens is 332 g/mol. The van der Waals surface area contributed by atoms with Gasteiger partial charge in [-0.25, -0.2) is 4.79 Å². The van der Waals surface area contributed by atoms with E-state index in [1.54, 1.807) is 4.90 Å². The van der Waals surface area contributed by atoms with Crippen molar-refractivity contribution in [2.24, 2.45) is 0 Å². The third kappa shape index (κ3) is 2.25. The molecule has 3 aromatic rings. The minimum Gasteiger partial charge on any atom is -0.357 e. The summed E-state index contributed by atoms with van der Waals surface area (Å²) in [5.74, 6) is -0.408. The van der Waals surface area contributed by atoms with Gasteiger partial charge in [-0.3, -0.25) is 14.6 Å². The zero-order chi connectivity index (χ0) is 16.8. The molecule has 3 N–H and O–H groups in total. The van der Waals surface area contributed by atoms with E-state index >= 15 is 0 Å². The van der Waals surface area contributed by atoms with Crippen LogP contribution >= 0.6 is 11.6 Å². The molecule has 8 heteroatoms. The van der Waals surface area contributed by atoms with Gasteiger partial charge in [0, 0.05) is 42.4 Å². The molecule has 1 aromatic carbocycles. The molecule has 7 nitrogen and oxygen atoms in total. The number of carbonyl (C=O) groups excluding carboxylic acids is 1. The van der Waals surface area contributed by atoms with Gasteiger partial charge in [-0.05, 0) is 6.07 Å². The number of rotatable bonds is 1. The monoisotopic (exact) mass is 344 g/mol. The van der Waals surface area contributed by atoms with Gasteiger partial charge in [-0.15, -0.1) is 0 Å². The van der Waals surface area contributed by atoms with E-state index in [-0.39, 0.29) is 5.56 Å². The van der Waals surface area contributed by atoms with E-state index in [9.17, 15) is 14.4 Å². The van der Waals surface area contributed by atoms with Gasteiger partial charge in [-0.1, -0.05) is 23.7 Å². The second-order valence-electron chi connectivity index (χ2n) is 5.71. The molecule has 3 heterocycles. The van der Waals surface area contributed by atoms with Crippen LogP contribution < -0.4 is 11.2 Å². The number of benzene rings is 1. The SMILES string of the molecule is O=C(c1c[nH]c(=O)[nH]c1=O)N1CCc2[nH]c3c(Cl)cccc3c2C1. The minimum absolute atomic E-state index is 0.0732. The van der Waals surface area contributed by atoms with Crippen molar-refractivity contribution in [3.63, 3.8) is 0 Å². The van der Waals surface area contributed by atoms with Gasteiger partial charge < -0.3 is 14.9 Å². The van der Waals surface area contributed by atoms with E-state index in [4.69, 9.17) is 11.6 Å². The molecule has 1 amide bonds. The molecule has 4 rings (SSSR count). The van der Waals surface area contributed by atoms with Crippen LogP contribution in [-0.2, 0) is 13.0 Å². The van der Waals surface area contributed by atoms with Crippen LogP contribution in [0.5, 0.6) is 0 Å². The first-order chi connectivity index (χ1) is 11.5. The standard InChI is InChI=1S/C16H13ClN4O3/c17-11-3-1-2-8-10-7-21(5-4-12(10)19-13(8)11)15(23)9-6-18-16(24)20-14(9)22/h1-3,6,19H,4-5,7H2,(H2,18,20,22,24). The van der Waals surface area contributed by atoms with Gasteiger partial charge >= 0.3 is 5.69 Å². The second kappa shape index (κ2) is 5.38. The predicted molar refractivity (Wildman–Crippen MR) is 89.4 cm³/mol. The number of hydrogen-bond acceptors (Lipinski definition) is 3. The number of halogens is 1. The number of amides is 1. The average Bonchev–Trinajstić information content (AvgIpc) is 2.94. The number of para-hydroxylation sites is 1. The van der Waals surface area contributed by atoms with Crippen molar-refractivity contribution in [3.05, 3.63) is 67.1 Å². The Morgan fingerprint density at radius 1 is 1.21 bits per heavy atom. The van der Waals surface area contributed by atoms with E-state index in [0.717, 1.165) is 28.4 Å². The molecule has 0 unspecified atom stereocenters. The maximum Gasteiger partial charge on any atom is 0.325 e. The smallest absolute Gasteiger partial charge is 0.325 e. The van der Waals surface area contributed by atoms with Gasteiger partial charge in [0.25, 0.3) is 11.5 Å². The number of aromatic amines is 3. The second-order valence-corrected chi connectivity index (χ2v) is 6.11. The Kier molecular flexibility index (Phi) is 3.31. The first-order valence-electron chi connectivity index (χ1n) is 7.44. The summed E-state index contributed by atoms with van der Waals surface area (Å²) >= 11 is 6.22. The van der Waals surface area contributed by atoms with Crippen molar-refractivity contribution >= 4 is 28.4 Å². The van der Waals surface area contributed by atoms with Crippen LogP contribution in [0.2, 0.25) is 5.02 Å². The lowest BCUT2D eigenvalue weighted by atomic mass is 10.0. The van der Waals surface area contributed by atoms with Gasteiger partial charge in [0.15, 0.2) is 0 Å². The number of aromatic nitrogens is 3. The van der Waals surface area contributed by atoms with E-state index < -0.39 is 17.2 Å². The summed E-state index contributed by atoms with van der Waals surface area (Å²) in [7, 11) is 0. The molecule has 122 valence electrons. The number of hydrogen-bond donors (Lipinski definition) is 3. The highest BCUT2D eigenvalue weighted by molar-refractivity contribution is 6.35. The van der Waals surface area contributed by atoms with Gasteiger partial charge in [0.05, 0.1) is 10.5 Å². The van der Waals surface area contributed by atoms with E-state index in [0.29, 0.717) is 24.5 Å². The molecule has 0 saturated carbocycles. The summed E-state index contributed by atoms with van der Waals surface area (Å²) in [6.45, 7) is 0.863. The molecule has 0 fully saturated rings. The fourth-order valence-electron chi connectivity index (χ4n) is 3.11. The average molecular weight is 345 g/mol. The zero-order valence-electron chi connectivity index (χ0n) is 12.5. The minimum atomic E-state index is -0.684. The molecule has 0 aliphatic carbocycles. The van der Waals surface area contributed by atoms with Crippen LogP contribution in [0.25, 0.3) is 10.9 Å². The Bertz CT molecular complexity index is 1080. The van der Waals surface area contributed by atoms with Crippen LogP contribution in [0.4, 0.5) is 0 Å². The molecule has 24 heavy (non-hydrogen) atoms. The molecule has 0 saturated heterocycles. The fraction of sp³-hybridized carbons (Fsp3) is 0.188. The summed E-state index contributed by atoms with van der Waals surface area (Å²) < 4.78 is 0. The fourth-order valence-corrected chi connectivity index (χ4v) is 3.34. The summed E-state index contributed by atoms with van der Waals surface area (Å²) in [5, 5.41) is 1.61. The number of nitrogens with zero attached hydrogens (tertiary/aromatic N) is 1. The largest absolute Gasteiger partial charge is 0.357 e. The Labute approximate surface area is 140 Å². The molecule has 0 atom stereocenters. The maximum absolute atomic E-state index is 12.6. The highest BCUT2D eigenvalue weighted by Crippen LogP contribution is 2.31. The summed E-state index contributed by atoms with van der Waals surface area (Å²) in [4.78, 5) is 44.9. The predicted octanol–water partition coefficient (Wildman–Crippen LogP) is 1.40. The van der Waals surface area contributed by atoms with Crippen molar-refractivity contribution in [1.82, 2.24) is 19.9 Å². The van der Waals surface area contributed by atoms with Crippen molar-refractivity contribution in [3.8, 4) is 0 Å². The Balaban J connectivity index is 1.72. The lowest BCUT2D eigenvalue weighted by Gasteiger charge is -2.27. The molecule has 1 aliphatic rings. The van der Waals surface area contributed by atoms with Crippen molar-refractivity contribution < 1.29 is 4.79 Å². The highest BCUT2D eigenvalue weighted by atomic mass is 35.5. The molecule has 0 radical (unpaired) electrons. The summed E-state index contributed by atoms with van der Waals surface area (Å²) in [5.41, 5.74) is 1.53. The Morgan fingerprint density at radius 2 is 2.04 bits per heavy atom. The first-order valence-corrected chi connectivity index (χ1v) is 7.81. The highest BCUT2D eigenvalue weighted by Gasteiger charge is 2.26. The zero-order valence-corrected chi connectivity index (χ0v) is 13.2. The van der Waals surface area contributed by atoms with Crippen molar-refractivity contribution in [2.75, 3.05) is 6.54 Å². The number of carbonyl (C=O) groups is 1. The third-order valence-electron chi connectivity index (χ3n) is 4.30. The molecule has 0 bridgehead atoms. The molecule has 0 spiro atoms. The van der Waals surface area contributed by atoms with Gasteiger partial charge in [0.1, 0.15) is 5.56 Å². The summed E-state index contributed by atoms with van der Waals surface area (Å²) in [6.07, 6.45) is 1.80. The quantitative estimate of drug-likeness (QED) is 0.621. The number of nitrogens with one attached hydrogen (secondary N) is 3. The van der Waals surface area contributed by atoms with Gasteiger partial charge in [0.2, 0.25) is 0 Å². The van der Waals surface area contributed by atoms with Crippen LogP contribution in [0.3, 0.4) is 0 Å². The van der Waals surface area contributed by atoms with Crippen molar-refractivity contribution in [1.29, 1.82) is 0 Å². The number of fused-ring (bicyclic) bond motifs is 3. The van der Waals surface area contributed by atoms with E-state index in [1.807, 2.05) is 18.2 Å². The van der Waals surface area contributed by atoms with Crippen LogP contribution in [0, 0.1) is 0 Å². The lowest BCUT2D eigenvalue weighted by Crippen LogP contribution is -2.39. The van der Waals surface area contributed by atoms with Gasteiger partial charge in [-0.2, -0.15) is 0 Å². The van der Waals surface area contributed by atoms with Crippen molar-refractivity contribution in [2.45, 2.75) is 13.0 Å².